The number of rotatable bonds is 10. The third kappa shape index (κ3) is 7.05. The standard InChI is InChI=1S/C27H40N2O7/c1-6-33-24(31)21(14-15-27(34-17-18-35-27)20-11-8-7-9-12-20)28-19(2)23(30)29-16-10-13-22(29)25(32)36-26(3,4)5/h7-9,11-12,19,21-22,28H,6,10,13-18H2,1-5H3/t19-,21?,22-/m0/s1. The maximum absolute atomic E-state index is 13.3. The second kappa shape index (κ2) is 12.2. The highest BCUT2D eigenvalue weighted by Crippen LogP contribution is 2.36. The van der Waals surface area contributed by atoms with Gasteiger partial charge in [0.15, 0.2) is 5.79 Å². The van der Waals surface area contributed by atoms with Gasteiger partial charge in [-0.05, 0) is 53.9 Å². The van der Waals surface area contributed by atoms with Crippen LogP contribution in [0.5, 0.6) is 0 Å². The van der Waals surface area contributed by atoms with E-state index in [-0.39, 0.29) is 12.5 Å². The number of hydrogen-bond acceptors (Lipinski definition) is 8. The molecule has 1 amide bonds. The van der Waals surface area contributed by atoms with Gasteiger partial charge in [-0.15, -0.1) is 0 Å². The Hall–Kier alpha value is -2.49. The molecular formula is C27H40N2O7. The van der Waals surface area contributed by atoms with Crippen LogP contribution < -0.4 is 5.32 Å². The predicted octanol–water partition coefficient (Wildman–Crippen LogP) is 2.91. The Morgan fingerprint density at radius 1 is 1.17 bits per heavy atom. The van der Waals surface area contributed by atoms with Crippen LogP contribution in [0.25, 0.3) is 0 Å². The molecule has 0 radical (unpaired) electrons. The lowest BCUT2D eigenvalue weighted by molar-refractivity contribution is -0.174. The number of hydrogen-bond donors (Lipinski definition) is 1. The fourth-order valence-electron chi connectivity index (χ4n) is 4.72. The summed E-state index contributed by atoms with van der Waals surface area (Å²) in [7, 11) is 0. The lowest BCUT2D eigenvalue weighted by Gasteiger charge is -2.32. The Kier molecular flexibility index (Phi) is 9.49. The maximum Gasteiger partial charge on any atom is 0.329 e. The molecule has 0 aromatic heterocycles. The Morgan fingerprint density at radius 3 is 2.44 bits per heavy atom. The number of nitrogens with zero attached hydrogens (tertiary/aromatic N) is 1. The zero-order chi connectivity index (χ0) is 26.3. The molecule has 36 heavy (non-hydrogen) atoms. The van der Waals surface area contributed by atoms with Gasteiger partial charge < -0.3 is 23.8 Å². The van der Waals surface area contributed by atoms with Crippen LogP contribution >= 0.6 is 0 Å². The fraction of sp³-hybridized carbons (Fsp3) is 0.667. The smallest absolute Gasteiger partial charge is 0.329 e. The molecule has 0 bridgehead atoms. The van der Waals surface area contributed by atoms with Crippen molar-refractivity contribution in [2.75, 3.05) is 26.4 Å². The van der Waals surface area contributed by atoms with Crippen LogP contribution in [0.1, 0.15) is 65.9 Å². The Morgan fingerprint density at radius 2 is 1.83 bits per heavy atom. The molecule has 2 aliphatic heterocycles. The van der Waals surface area contributed by atoms with E-state index in [0.29, 0.717) is 39.0 Å². The highest BCUT2D eigenvalue weighted by atomic mass is 16.7. The van der Waals surface area contributed by atoms with Crippen molar-refractivity contribution < 1.29 is 33.3 Å². The number of carbonyl (C=O) groups excluding carboxylic acids is 3. The summed E-state index contributed by atoms with van der Waals surface area (Å²) in [5.74, 6) is -2.03. The van der Waals surface area contributed by atoms with Gasteiger partial charge in [0.1, 0.15) is 17.7 Å². The van der Waals surface area contributed by atoms with Gasteiger partial charge in [0.05, 0.1) is 25.9 Å². The van der Waals surface area contributed by atoms with Crippen LogP contribution in [0, 0.1) is 0 Å². The van der Waals surface area contributed by atoms with E-state index in [9.17, 15) is 14.4 Å². The molecular weight excluding hydrogens is 464 g/mol. The number of ether oxygens (including phenoxy) is 4. The van der Waals surface area contributed by atoms with Crippen LogP contribution in [-0.4, -0.2) is 72.8 Å². The third-order valence-electron chi connectivity index (χ3n) is 6.34. The molecule has 2 saturated heterocycles. The Labute approximate surface area is 213 Å². The molecule has 0 spiro atoms. The summed E-state index contributed by atoms with van der Waals surface area (Å²) in [5, 5.41) is 3.15. The fourth-order valence-corrected chi connectivity index (χ4v) is 4.72. The summed E-state index contributed by atoms with van der Waals surface area (Å²) in [4.78, 5) is 40.4. The number of carbonyl (C=O) groups is 3. The van der Waals surface area contributed by atoms with Crippen LogP contribution in [0.3, 0.4) is 0 Å². The van der Waals surface area contributed by atoms with Crippen molar-refractivity contribution in [2.45, 2.75) is 89.8 Å². The summed E-state index contributed by atoms with van der Waals surface area (Å²) < 4.78 is 22.8. The van der Waals surface area contributed by atoms with Gasteiger partial charge in [-0.1, -0.05) is 30.3 Å². The van der Waals surface area contributed by atoms with Crippen molar-refractivity contribution in [2.24, 2.45) is 0 Å². The first kappa shape index (κ1) is 28.1. The summed E-state index contributed by atoms with van der Waals surface area (Å²) >= 11 is 0. The van der Waals surface area contributed by atoms with Gasteiger partial charge >= 0.3 is 11.9 Å². The van der Waals surface area contributed by atoms with Gasteiger partial charge in [0.25, 0.3) is 0 Å². The molecule has 1 aromatic rings. The molecule has 9 nitrogen and oxygen atoms in total. The SMILES string of the molecule is CCOC(=O)C(CCC1(c2ccccc2)OCCO1)N[C@@H](C)C(=O)N1CCC[C@H]1C(=O)OC(C)(C)C. The highest BCUT2D eigenvalue weighted by Gasteiger charge is 2.42. The molecule has 1 N–H and O–H groups in total. The van der Waals surface area contributed by atoms with Gasteiger partial charge in [-0.3, -0.25) is 14.9 Å². The first-order valence-electron chi connectivity index (χ1n) is 12.9. The minimum atomic E-state index is -0.947. The molecule has 3 atom stereocenters. The van der Waals surface area contributed by atoms with E-state index in [2.05, 4.69) is 5.32 Å². The predicted molar refractivity (Wildman–Crippen MR) is 133 cm³/mol. The molecule has 2 fully saturated rings. The number of nitrogens with one attached hydrogen (secondary N) is 1. The second-order valence-corrected chi connectivity index (χ2v) is 10.3. The first-order valence-corrected chi connectivity index (χ1v) is 12.9. The van der Waals surface area contributed by atoms with E-state index in [1.165, 1.54) is 0 Å². The summed E-state index contributed by atoms with van der Waals surface area (Å²) in [6.07, 6.45) is 2.01. The highest BCUT2D eigenvalue weighted by molar-refractivity contribution is 5.88. The van der Waals surface area contributed by atoms with Crippen molar-refractivity contribution in [3.05, 3.63) is 35.9 Å². The first-order chi connectivity index (χ1) is 17.1. The van der Waals surface area contributed by atoms with Crippen LogP contribution in [0.4, 0.5) is 0 Å². The monoisotopic (exact) mass is 504 g/mol. The average Bonchev–Trinajstić information content (AvgIpc) is 3.51. The van der Waals surface area contributed by atoms with E-state index in [0.717, 1.165) is 12.0 Å². The van der Waals surface area contributed by atoms with Crippen LogP contribution in [0.15, 0.2) is 30.3 Å². The largest absolute Gasteiger partial charge is 0.465 e. The molecule has 1 aromatic carbocycles. The van der Waals surface area contributed by atoms with Crippen LogP contribution in [-0.2, 0) is 39.1 Å². The molecule has 1 unspecified atom stereocenters. The molecule has 9 heteroatoms. The quantitative estimate of drug-likeness (QED) is 0.485. The summed E-state index contributed by atoms with van der Waals surface area (Å²) in [6.45, 7) is 10.5. The van der Waals surface area contributed by atoms with Crippen LogP contribution in [0.2, 0.25) is 0 Å². The van der Waals surface area contributed by atoms with Crippen molar-refractivity contribution in [3.63, 3.8) is 0 Å². The molecule has 200 valence electrons. The molecule has 2 aliphatic rings. The van der Waals surface area contributed by atoms with E-state index >= 15 is 0 Å². The second-order valence-electron chi connectivity index (χ2n) is 10.3. The topological polar surface area (TPSA) is 103 Å². The van der Waals surface area contributed by atoms with Gasteiger partial charge in [-0.2, -0.15) is 0 Å². The maximum atomic E-state index is 13.3. The van der Waals surface area contributed by atoms with E-state index in [1.807, 2.05) is 30.3 Å². The lowest BCUT2D eigenvalue weighted by Crippen LogP contribution is -2.54. The number of amides is 1. The van der Waals surface area contributed by atoms with Gasteiger partial charge in [0.2, 0.25) is 5.91 Å². The van der Waals surface area contributed by atoms with Crippen molar-refractivity contribution in [1.29, 1.82) is 0 Å². The molecule has 0 aliphatic carbocycles. The van der Waals surface area contributed by atoms with E-state index in [4.69, 9.17) is 18.9 Å². The van der Waals surface area contributed by atoms with E-state index in [1.54, 1.807) is 39.5 Å². The van der Waals surface area contributed by atoms with Gasteiger partial charge in [-0.25, -0.2) is 4.79 Å². The number of likely N-dealkylation sites (tertiary alicyclic amines) is 1. The summed E-state index contributed by atoms with van der Waals surface area (Å²) in [5.41, 5.74) is 0.248. The van der Waals surface area contributed by atoms with Gasteiger partial charge in [0, 0.05) is 18.5 Å². The number of esters is 2. The lowest BCUT2D eigenvalue weighted by atomic mass is 9.97. The normalized spacial score (nSPS) is 21.1. The minimum Gasteiger partial charge on any atom is -0.465 e. The van der Waals surface area contributed by atoms with Crippen molar-refractivity contribution in [3.8, 4) is 0 Å². The minimum absolute atomic E-state index is 0.225. The van der Waals surface area contributed by atoms with Crippen molar-refractivity contribution in [1.82, 2.24) is 10.2 Å². The average molecular weight is 505 g/mol. The summed E-state index contributed by atoms with van der Waals surface area (Å²) in [6, 6.07) is 7.56. The molecule has 2 heterocycles. The third-order valence-corrected chi connectivity index (χ3v) is 6.34. The Balaban J connectivity index is 1.69. The van der Waals surface area contributed by atoms with Crippen molar-refractivity contribution >= 4 is 17.8 Å². The molecule has 3 rings (SSSR count). The Bertz CT molecular complexity index is 893. The zero-order valence-corrected chi connectivity index (χ0v) is 22.1. The number of benzene rings is 1. The zero-order valence-electron chi connectivity index (χ0n) is 22.1. The van der Waals surface area contributed by atoms with E-state index < -0.39 is 41.5 Å². The molecule has 0 saturated carbocycles.